The number of anilines is 1. The molecule has 0 aromatic heterocycles. The summed E-state index contributed by atoms with van der Waals surface area (Å²) in [5, 5.41) is 3.86. The molecule has 2 aromatic carbocycles. The minimum absolute atomic E-state index is 0.0253. The van der Waals surface area contributed by atoms with E-state index in [1.54, 1.807) is 37.3 Å². The highest BCUT2D eigenvalue weighted by molar-refractivity contribution is 7.92. The normalized spacial score (nSPS) is 15.0. The fraction of sp³-hybridized carbons (Fsp3) is 0.481. The van der Waals surface area contributed by atoms with Gasteiger partial charge in [0.05, 0.1) is 11.9 Å². The molecule has 1 N–H and O–H groups in total. The molecule has 0 aliphatic heterocycles. The van der Waals surface area contributed by atoms with E-state index in [1.165, 1.54) is 4.90 Å². The Bertz CT molecular complexity index is 1230. The molecule has 10 heteroatoms. The number of carbonyl (C=O) groups excluding carboxylic acids is 2. The molecular weight excluding hydrogens is 533 g/mol. The van der Waals surface area contributed by atoms with Gasteiger partial charge in [-0.2, -0.15) is 0 Å². The van der Waals surface area contributed by atoms with Crippen LogP contribution in [-0.2, 0) is 26.2 Å². The van der Waals surface area contributed by atoms with Crippen molar-refractivity contribution in [1.82, 2.24) is 10.2 Å². The van der Waals surface area contributed by atoms with Crippen molar-refractivity contribution in [3.05, 3.63) is 63.6 Å². The highest BCUT2D eigenvalue weighted by Gasteiger charge is 2.32. The summed E-state index contributed by atoms with van der Waals surface area (Å²) in [6.45, 7) is 5.15. The van der Waals surface area contributed by atoms with Gasteiger partial charge in [-0.25, -0.2) is 8.42 Å². The van der Waals surface area contributed by atoms with Crippen LogP contribution in [0, 0.1) is 0 Å². The number of hydrogen-bond donors (Lipinski definition) is 1. The Hall–Kier alpha value is -2.29. The van der Waals surface area contributed by atoms with Crippen molar-refractivity contribution in [2.24, 2.45) is 0 Å². The Morgan fingerprint density at radius 1 is 1.05 bits per heavy atom. The van der Waals surface area contributed by atoms with Crippen molar-refractivity contribution in [2.75, 3.05) is 17.1 Å². The van der Waals surface area contributed by atoms with Gasteiger partial charge in [0.2, 0.25) is 21.8 Å². The number of nitrogens with zero attached hydrogens (tertiary/aromatic N) is 2. The van der Waals surface area contributed by atoms with E-state index in [0.29, 0.717) is 21.3 Å². The summed E-state index contributed by atoms with van der Waals surface area (Å²) in [6.07, 6.45) is 5.00. The fourth-order valence-corrected chi connectivity index (χ4v) is 5.94. The molecule has 7 nitrogen and oxygen atoms in total. The van der Waals surface area contributed by atoms with Gasteiger partial charge in [-0.3, -0.25) is 13.9 Å². The van der Waals surface area contributed by atoms with E-state index in [1.807, 2.05) is 26.0 Å². The van der Waals surface area contributed by atoms with Gasteiger partial charge in [-0.05, 0) is 55.0 Å². The van der Waals surface area contributed by atoms with Gasteiger partial charge in [0, 0.05) is 22.6 Å². The molecule has 1 unspecified atom stereocenters. The first-order valence-electron chi connectivity index (χ1n) is 12.5. The van der Waals surface area contributed by atoms with Crippen LogP contribution >= 0.6 is 23.2 Å². The molecule has 1 aliphatic rings. The molecule has 202 valence electrons. The zero-order valence-corrected chi connectivity index (χ0v) is 24.0. The second kappa shape index (κ2) is 12.5. The van der Waals surface area contributed by atoms with Crippen LogP contribution in [0.1, 0.15) is 63.5 Å². The van der Waals surface area contributed by atoms with Gasteiger partial charge in [0.15, 0.2) is 0 Å². The summed E-state index contributed by atoms with van der Waals surface area (Å²) < 4.78 is 26.9. The molecule has 0 heterocycles. The fourth-order valence-electron chi connectivity index (χ4n) is 4.61. The van der Waals surface area contributed by atoms with Crippen LogP contribution in [0.5, 0.6) is 0 Å². The molecule has 2 amide bonds. The molecule has 1 atom stereocenters. The van der Waals surface area contributed by atoms with Gasteiger partial charge in [-0.15, -0.1) is 0 Å². The van der Waals surface area contributed by atoms with E-state index in [-0.39, 0.29) is 24.4 Å². The highest BCUT2D eigenvalue weighted by atomic mass is 35.5. The Morgan fingerprint density at radius 2 is 1.70 bits per heavy atom. The summed E-state index contributed by atoms with van der Waals surface area (Å²) in [5.74, 6) is -0.751. The predicted molar refractivity (Wildman–Crippen MR) is 150 cm³/mol. The van der Waals surface area contributed by atoms with Crippen LogP contribution in [-0.4, -0.2) is 50.0 Å². The van der Waals surface area contributed by atoms with Crippen LogP contribution in [0.3, 0.4) is 0 Å². The molecule has 0 spiro atoms. The van der Waals surface area contributed by atoms with E-state index in [2.05, 4.69) is 5.32 Å². The number of rotatable bonds is 10. The zero-order chi connectivity index (χ0) is 27.3. The van der Waals surface area contributed by atoms with Crippen molar-refractivity contribution in [2.45, 2.75) is 71.0 Å². The Balaban J connectivity index is 1.95. The third-order valence-electron chi connectivity index (χ3n) is 6.73. The van der Waals surface area contributed by atoms with Crippen molar-refractivity contribution in [1.29, 1.82) is 0 Å². The van der Waals surface area contributed by atoms with Crippen LogP contribution < -0.4 is 9.62 Å². The topological polar surface area (TPSA) is 86.8 Å². The van der Waals surface area contributed by atoms with E-state index in [0.717, 1.165) is 41.8 Å². The maximum atomic E-state index is 13.8. The largest absolute Gasteiger partial charge is 0.352 e. The van der Waals surface area contributed by atoms with Gasteiger partial charge in [-0.1, -0.05) is 74.2 Å². The summed E-state index contributed by atoms with van der Waals surface area (Å²) in [5.41, 5.74) is 1.86. The maximum absolute atomic E-state index is 13.8. The number of halogens is 2. The van der Waals surface area contributed by atoms with Gasteiger partial charge >= 0.3 is 0 Å². The van der Waals surface area contributed by atoms with Crippen molar-refractivity contribution in [3.63, 3.8) is 0 Å². The Morgan fingerprint density at radius 3 is 2.30 bits per heavy atom. The minimum atomic E-state index is -3.81. The van der Waals surface area contributed by atoms with Crippen molar-refractivity contribution in [3.8, 4) is 0 Å². The molecule has 1 aliphatic carbocycles. The molecule has 3 rings (SSSR count). The monoisotopic (exact) mass is 567 g/mol. The quantitative estimate of drug-likeness (QED) is 0.418. The van der Waals surface area contributed by atoms with Crippen LogP contribution in [0.2, 0.25) is 10.0 Å². The van der Waals surface area contributed by atoms with Crippen molar-refractivity contribution >= 4 is 50.7 Å². The number of nitrogens with one attached hydrogen (secondary N) is 1. The first kappa shape index (κ1) is 29.3. The van der Waals surface area contributed by atoms with Crippen LogP contribution in [0.4, 0.5) is 5.69 Å². The number of amides is 2. The highest BCUT2D eigenvalue weighted by Crippen LogP contribution is 2.30. The zero-order valence-electron chi connectivity index (χ0n) is 21.7. The average Bonchev–Trinajstić information content (AvgIpc) is 3.33. The molecule has 0 radical (unpaired) electrons. The Labute approximate surface area is 230 Å². The van der Waals surface area contributed by atoms with Gasteiger partial charge in [0.1, 0.15) is 12.6 Å². The van der Waals surface area contributed by atoms with Crippen LogP contribution in [0.25, 0.3) is 0 Å². The average molecular weight is 569 g/mol. The number of para-hydroxylation sites is 1. The Kier molecular flexibility index (Phi) is 9.89. The van der Waals surface area contributed by atoms with Crippen molar-refractivity contribution < 1.29 is 18.0 Å². The predicted octanol–water partition coefficient (Wildman–Crippen LogP) is 5.36. The smallest absolute Gasteiger partial charge is 0.244 e. The molecule has 2 aromatic rings. The first-order valence-corrected chi connectivity index (χ1v) is 15.1. The van der Waals surface area contributed by atoms with Crippen LogP contribution in [0.15, 0.2) is 42.5 Å². The standard InChI is InChI=1S/C27H35Cl2N3O4S/c1-18(2)23-11-7-8-12-25(23)32(37(4,35)36)17-26(33)31(16-20-13-14-21(28)15-24(20)29)19(3)27(34)30-22-9-5-6-10-22/h7-8,11-15,18-19,22H,5-6,9-10,16-17H2,1-4H3,(H,30,34). The second-order valence-corrected chi connectivity index (χ2v) is 12.7. The molecule has 37 heavy (non-hydrogen) atoms. The molecule has 1 fully saturated rings. The van der Waals surface area contributed by atoms with E-state index in [4.69, 9.17) is 23.2 Å². The minimum Gasteiger partial charge on any atom is -0.352 e. The third kappa shape index (κ3) is 7.62. The van der Waals surface area contributed by atoms with E-state index in [9.17, 15) is 18.0 Å². The number of benzene rings is 2. The first-order chi connectivity index (χ1) is 17.4. The number of carbonyl (C=O) groups is 2. The molecule has 0 bridgehead atoms. The molecule has 1 saturated carbocycles. The summed E-state index contributed by atoms with van der Waals surface area (Å²) in [6, 6.07) is 11.3. The number of hydrogen-bond acceptors (Lipinski definition) is 4. The van der Waals surface area contributed by atoms with E-state index >= 15 is 0 Å². The summed E-state index contributed by atoms with van der Waals surface area (Å²) in [4.78, 5) is 28.4. The lowest BCUT2D eigenvalue weighted by Gasteiger charge is -2.33. The lowest BCUT2D eigenvalue weighted by Crippen LogP contribution is -2.52. The van der Waals surface area contributed by atoms with Gasteiger partial charge in [0.25, 0.3) is 0 Å². The molecule has 0 saturated heterocycles. The maximum Gasteiger partial charge on any atom is 0.244 e. The second-order valence-electron chi connectivity index (χ2n) is 9.91. The van der Waals surface area contributed by atoms with E-state index < -0.39 is 28.5 Å². The SMILES string of the molecule is CC(C)c1ccccc1N(CC(=O)N(Cc1ccc(Cl)cc1Cl)C(C)C(=O)NC1CCCC1)S(C)(=O)=O. The summed E-state index contributed by atoms with van der Waals surface area (Å²) >= 11 is 12.4. The molecular formula is C27H35Cl2N3O4S. The lowest BCUT2D eigenvalue weighted by molar-refractivity contribution is -0.139. The summed E-state index contributed by atoms with van der Waals surface area (Å²) in [7, 11) is -3.81. The third-order valence-corrected chi connectivity index (χ3v) is 8.44. The lowest BCUT2D eigenvalue weighted by atomic mass is 10.0. The number of sulfonamides is 1. The van der Waals surface area contributed by atoms with Gasteiger partial charge < -0.3 is 10.2 Å².